The lowest BCUT2D eigenvalue weighted by Gasteiger charge is -2.23. The number of carbonyl (C=O) groups is 1. The molecule has 2 aromatic carbocycles. The van der Waals surface area contributed by atoms with E-state index in [1.807, 2.05) is 36.4 Å². The van der Waals surface area contributed by atoms with Gasteiger partial charge in [0.15, 0.2) is 5.78 Å². The van der Waals surface area contributed by atoms with Crippen LogP contribution in [0.25, 0.3) is 6.08 Å². The van der Waals surface area contributed by atoms with Gasteiger partial charge < -0.3 is 9.64 Å². The van der Waals surface area contributed by atoms with E-state index in [9.17, 15) is 4.79 Å². The summed E-state index contributed by atoms with van der Waals surface area (Å²) >= 11 is 11.8. The van der Waals surface area contributed by atoms with E-state index in [0.717, 1.165) is 59.6 Å². The van der Waals surface area contributed by atoms with Gasteiger partial charge >= 0.3 is 0 Å². The van der Waals surface area contributed by atoms with Crippen molar-refractivity contribution >= 4 is 40.7 Å². The number of Topliss-reactive ketones (excluding diaryl/α,β-unsaturated/α-hetero) is 1. The molecule has 0 radical (unpaired) electrons. The summed E-state index contributed by atoms with van der Waals surface area (Å²) < 4.78 is 5.26. The number of carbonyl (C=O) groups excluding carboxylic acids is 1. The van der Waals surface area contributed by atoms with Crippen molar-refractivity contribution in [3.05, 3.63) is 64.7 Å². The van der Waals surface area contributed by atoms with Gasteiger partial charge in [0.2, 0.25) is 0 Å². The highest BCUT2D eigenvalue weighted by Crippen LogP contribution is 2.29. The van der Waals surface area contributed by atoms with Gasteiger partial charge in [0.05, 0.1) is 7.11 Å². The molecule has 0 aromatic heterocycles. The lowest BCUT2D eigenvalue weighted by Crippen LogP contribution is -2.27. The molecule has 0 aliphatic heterocycles. The highest BCUT2D eigenvalue weighted by Gasteiger charge is 2.22. The average molecular weight is 404 g/mol. The highest BCUT2D eigenvalue weighted by molar-refractivity contribution is 6.18. The van der Waals surface area contributed by atoms with Gasteiger partial charge in [-0.25, -0.2) is 0 Å². The molecule has 1 aliphatic rings. The Morgan fingerprint density at radius 3 is 2.37 bits per heavy atom. The number of anilines is 1. The summed E-state index contributed by atoms with van der Waals surface area (Å²) in [5.74, 6) is 2.01. The number of benzene rings is 2. The van der Waals surface area contributed by atoms with Crippen LogP contribution in [0.2, 0.25) is 0 Å². The fourth-order valence-corrected chi connectivity index (χ4v) is 3.78. The second-order valence-electron chi connectivity index (χ2n) is 6.48. The molecule has 1 aliphatic carbocycles. The second-order valence-corrected chi connectivity index (χ2v) is 7.23. The van der Waals surface area contributed by atoms with E-state index >= 15 is 0 Å². The monoisotopic (exact) mass is 403 g/mol. The normalized spacial score (nSPS) is 14.9. The van der Waals surface area contributed by atoms with Crippen LogP contribution in [0.5, 0.6) is 5.75 Å². The molecule has 0 atom stereocenters. The number of halogens is 2. The molecule has 27 heavy (non-hydrogen) atoms. The molecule has 142 valence electrons. The third kappa shape index (κ3) is 4.66. The van der Waals surface area contributed by atoms with E-state index in [4.69, 9.17) is 27.9 Å². The second kappa shape index (κ2) is 9.29. The number of ketones is 1. The number of fused-ring (bicyclic) bond motifs is 1. The quantitative estimate of drug-likeness (QED) is 0.470. The lowest BCUT2D eigenvalue weighted by atomic mass is 9.86. The number of aryl methyl sites for hydroxylation is 1. The molecule has 0 bridgehead atoms. The predicted molar refractivity (Wildman–Crippen MR) is 114 cm³/mol. The molecule has 0 fully saturated rings. The molecule has 3 rings (SSSR count). The summed E-state index contributed by atoms with van der Waals surface area (Å²) in [5, 5.41) is 0. The van der Waals surface area contributed by atoms with Crippen LogP contribution in [0.1, 0.15) is 27.9 Å². The Morgan fingerprint density at radius 1 is 1.04 bits per heavy atom. The first-order valence-corrected chi connectivity index (χ1v) is 10.1. The highest BCUT2D eigenvalue weighted by atomic mass is 35.5. The first kappa shape index (κ1) is 19.8. The maximum Gasteiger partial charge on any atom is 0.189 e. The van der Waals surface area contributed by atoms with Crippen LogP contribution in [0.15, 0.2) is 48.0 Å². The molecule has 0 amide bonds. The fraction of sp³-hybridized carbons (Fsp3) is 0.318. The molecule has 3 nitrogen and oxygen atoms in total. The zero-order valence-electron chi connectivity index (χ0n) is 15.4. The molecule has 0 saturated heterocycles. The van der Waals surface area contributed by atoms with Crippen LogP contribution in [0.3, 0.4) is 0 Å². The maximum absolute atomic E-state index is 12.8. The Hall–Kier alpha value is -1.97. The van der Waals surface area contributed by atoms with E-state index in [-0.39, 0.29) is 5.78 Å². The summed E-state index contributed by atoms with van der Waals surface area (Å²) in [5.41, 5.74) is 4.80. The summed E-state index contributed by atoms with van der Waals surface area (Å²) in [6.07, 6.45) is 3.58. The van der Waals surface area contributed by atoms with E-state index in [0.29, 0.717) is 11.8 Å². The standard InChI is InChI=1S/C22H23Cl2NO2/c1-27-20-8-9-21-17(15-20)4-5-18(22(21)26)14-16-2-6-19(7-3-16)25(12-10-23)13-11-24/h2-3,6-9,14-15H,4-5,10-13H2,1H3/b18-14+. The van der Waals surface area contributed by atoms with Gasteiger partial charge in [-0.2, -0.15) is 0 Å². The summed E-state index contributed by atoms with van der Waals surface area (Å²) in [7, 11) is 1.64. The number of hydrogen-bond acceptors (Lipinski definition) is 3. The number of ether oxygens (including phenoxy) is 1. The van der Waals surface area contributed by atoms with Crippen molar-refractivity contribution < 1.29 is 9.53 Å². The van der Waals surface area contributed by atoms with Crippen molar-refractivity contribution in [1.29, 1.82) is 0 Å². The van der Waals surface area contributed by atoms with Crippen molar-refractivity contribution in [2.45, 2.75) is 12.8 Å². The number of allylic oxidation sites excluding steroid dienone is 1. The van der Waals surface area contributed by atoms with Gasteiger partial charge in [-0.1, -0.05) is 12.1 Å². The zero-order chi connectivity index (χ0) is 19.2. The average Bonchev–Trinajstić information content (AvgIpc) is 2.70. The number of alkyl halides is 2. The van der Waals surface area contributed by atoms with Gasteiger partial charge in [-0.05, 0) is 60.4 Å². The topological polar surface area (TPSA) is 29.5 Å². The van der Waals surface area contributed by atoms with Gasteiger partial charge in [0, 0.05) is 41.7 Å². The Balaban J connectivity index is 1.79. The molecule has 2 aromatic rings. The molecule has 0 N–H and O–H groups in total. The van der Waals surface area contributed by atoms with Gasteiger partial charge in [0.25, 0.3) is 0 Å². The van der Waals surface area contributed by atoms with Gasteiger partial charge in [0.1, 0.15) is 5.75 Å². The molecule has 0 saturated carbocycles. The first-order valence-electron chi connectivity index (χ1n) is 9.05. The summed E-state index contributed by atoms with van der Waals surface area (Å²) in [6, 6.07) is 13.8. The smallest absolute Gasteiger partial charge is 0.189 e. The van der Waals surface area contributed by atoms with E-state index in [1.165, 1.54) is 0 Å². The van der Waals surface area contributed by atoms with Crippen molar-refractivity contribution in [3.63, 3.8) is 0 Å². The van der Waals surface area contributed by atoms with Crippen molar-refractivity contribution in [1.82, 2.24) is 0 Å². The third-order valence-electron chi connectivity index (χ3n) is 4.82. The summed E-state index contributed by atoms with van der Waals surface area (Å²) in [6.45, 7) is 1.51. The molecular formula is C22H23Cl2NO2. The number of hydrogen-bond donors (Lipinski definition) is 0. The fourth-order valence-electron chi connectivity index (χ4n) is 3.38. The Bertz CT molecular complexity index is 825. The molecule has 0 spiro atoms. The van der Waals surface area contributed by atoms with Crippen molar-refractivity contribution in [2.75, 3.05) is 36.9 Å². The van der Waals surface area contributed by atoms with Crippen LogP contribution in [-0.2, 0) is 6.42 Å². The minimum Gasteiger partial charge on any atom is -0.497 e. The maximum atomic E-state index is 12.8. The van der Waals surface area contributed by atoms with Crippen LogP contribution >= 0.6 is 23.2 Å². The van der Waals surface area contributed by atoms with Crippen LogP contribution in [0.4, 0.5) is 5.69 Å². The number of nitrogens with zero attached hydrogens (tertiary/aromatic N) is 1. The van der Waals surface area contributed by atoms with Crippen LogP contribution in [-0.4, -0.2) is 37.7 Å². The Labute approximate surface area is 170 Å². The minimum absolute atomic E-state index is 0.105. The SMILES string of the molecule is COc1ccc2c(c1)CC/C(=C\c1ccc(N(CCCl)CCCl)cc1)C2=O. The minimum atomic E-state index is 0.105. The summed E-state index contributed by atoms with van der Waals surface area (Å²) in [4.78, 5) is 15.0. The number of rotatable bonds is 7. The molecular weight excluding hydrogens is 381 g/mol. The number of methoxy groups -OCH3 is 1. The van der Waals surface area contributed by atoms with Crippen LogP contribution in [0, 0.1) is 0 Å². The lowest BCUT2D eigenvalue weighted by molar-refractivity contribution is 0.102. The van der Waals surface area contributed by atoms with Crippen LogP contribution < -0.4 is 9.64 Å². The van der Waals surface area contributed by atoms with E-state index in [1.54, 1.807) is 7.11 Å². The van der Waals surface area contributed by atoms with Crippen molar-refractivity contribution in [2.24, 2.45) is 0 Å². The molecule has 5 heteroatoms. The Kier molecular flexibility index (Phi) is 6.81. The van der Waals surface area contributed by atoms with Gasteiger partial charge in [-0.15, -0.1) is 23.2 Å². The van der Waals surface area contributed by atoms with Crippen molar-refractivity contribution in [3.8, 4) is 5.75 Å². The third-order valence-corrected chi connectivity index (χ3v) is 5.16. The zero-order valence-corrected chi connectivity index (χ0v) is 16.9. The van der Waals surface area contributed by atoms with Gasteiger partial charge in [-0.3, -0.25) is 4.79 Å². The van der Waals surface area contributed by atoms with E-state index < -0.39 is 0 Å². The predicted octanol–water partition coefficient (Wildman–Crippen LogP) is 5.19. The first-order chi connectivity index (χ1) is 13.2. The molecule has 0 heterocycles. The largest absolute Gasteiger partial charge is 0.497 e. The van der Waals surface area contributed by atoms with E-state index in [2.05, 4.69) is 17.0 Å². The molecule has 0 unspecified atom stereocenters. The Morgan fingerprint density at radius 2 is 1.74 bits per heavy atom.